The van der Waals surface area contributed by atoms with Gasteiger partial charge in [-0.25, -0.2) is 0 Å². The maximum Gasteiger partial charge on any atom is 0.252 e. The fraction of sp³-hybridized carbons (Fsp3) is 0.818. The summed E-state index contributed by atoms with van der Waals surface area (Å²) in [5, 5.41) is 2.80. The molecule has 1 atom stereocenters. The van der Waals surface area contributed by atoms with Crippen LogP contribution in [0.4, 0.5) is 0 Å². The number of amidine groups is 1. The van der Waals surface area contributed by atoms with Gasteiger partial charge in [-0.2, -0.15) is 0 Å². The standard InChI is InChI=1S/C11H20N2O2/c1-6-15-8(7(2)3)9-12-10(14)11(4,5)13-9/h7-8H,6H2,1-5H3,(H,12,13,14). The van der Waals surface area contributed by atoms with Gasteiger partial charge in [0.05, 0.1) is 0 Å². The van der Waals surface area contributed by atoms with E-state index in [0.29, 0.717) is 18.4 Å². The molecule has 0 fully saturated rings. The Morgan fingerprint density at radius 3 is 2.40 bits per heavy atom. The number of nitrogens with zero attached hydrogens (tertiary/aromatic N) is 1. The van der Waals surface area contributed by atoms with Crippen molar-refractivity contribution in [1.29, 1.82) is 0 Å². The van der Waals surface area contributed by atoms with Crippen molar-refractivity contribution >= 4 is 11.7 Å². The smallest absolute Gasteiger partial charge is 0.252 e. The summed E-state index contributed by atoms with van der Waals surface area (Å²) in [5.41, 5.74) is -0.653. The summed E-state index contributed by atoms with van der Waals surface area (Å²) in [6.07, 6.45) is -0.110. The van der Waals surface area contributed by atoms with Gasteiger partial charge in [-0.05, 0) is 26.7 Å². The summed E-state index contributed by atoms with van der Waals surface area (Å²) < 4.78 is 5.58. The van der Waals surface area contributed by atoms with Crippen molar-refractivity contribution in [2.75, 3.05) is 6.61 Å². The molecule has 15 heavy (non-hydrogen) atoms. The molecule has 0 aromatic heterocycles. The highest BCUT2D eigenvalue weighted by Gasteiger charge is 2.37. The number of ether oxygens (including phenoxy) is 1. The summed E-state index contributed by atoms with van der Waals surface area (Å²) in [7, 11) is 0. The second-order valence-corrected chi connectivity index (χ2v) is 4.63. The van der Waals surface area contributed by atoms with E-state index in [2.05, 4.69) is 24.2 Å². The molecule has 0 aromatic carbocycles. The lowest BCUT2D eigenvalue weighted by Crippen LogP contribution is -2.41. The Morgan fingerprint density at radius 1 is 1.47 bits per heavy atom. The van der Waals surface area contributed by atoms with Crippen LogP contribution < -0.4 is 5.32 Å². The molecule has 0 radical (unpaired) electrons. The van der Waals surface area contributed by atoms with Gasteiger partial charge in [-0.1, -0.05) is 13.8 Å². The zero-order valence-electron chi connectivity index (χ0n) is 10.1. The normalized spacial score (nSPS) is 21.5. The minimum absolute atomic E-state index is 0.0529. The van der Waals surface area contributed by atoms with Crippen molar-refractivity contribution in [3.8, 4) is 0 Å². The van der Waals surface area contributed by atoms with Gasteiger partial charge in [0.15, 0.2) is 0 Å². The van der Waals surface area contributed by atoms with E-state index in [-0.39, 0.29) is 12.0 Å². The van der Waals surface area contributed by atoms with Crippen LogP contribution in [-0.4, -0.2) is 30.0 Å². The van der Waals surface area contributed by atoms with Gasteiger partial charge in [-0.3, -0.25) is 9.79 Å². The van der Waals surface area contributed by atoms with E-state index in [4.69, 9.17) is 4.74 Å². The molecule has 0 spiro atoms. The summed E-state index contributed by atoms with van der Waals surface area (Å²) >= 11 is 0. The van der Waals surface area contributed by atoms with Crippen LogP contribution in [0, 0.1) is 5.92 Å². The fourth-order valence-corrected chi connectivity index (χ4v) is 1.55. The van der Waals surface area contributed by atoms with Crippen molar-refractivity contribution in [1.82, 2.24) is 5.32 Å². The Balaban J connectivity index is 2.83. The maximum absolute atomic E-state index is 11.6. The molecule has 4 nitrogen and oxygen atoms in total. The lowest BCUT2D eigenvalue weighted by Gasteiger charge is -2.20. The van der Waals surface area contributed by atoms with Gasteiger partial charge < -0.3 is 10.1 Å². The molecule has 1 heterocycles. The second-order valence-electron chi connectivity index (χ2n) is 4.63. The average molecular weight is 212 g/mol. The average Bonchev–Trinajstić information content (AvgIpc) is 2.36. The molecule has 4 heteroatoms. The highest BCUT2D eigenvalue weighted by atomic mass is 16.5. The topological polar surface area (TPSA) is 50.7 Å². The Kier molecular flexibility index (Phi) is 3.50. The van der Waals surface area contributed by atoms with E-state index < -0.39 is 5.54 Å². The van der Waals surface area contributed by atoms with Crippen LogP contribution >= 0.6 is 0 Å². The lowest BCUT2D eigenvalue weighted by atomic mass is 10.1. The number of amides is 1. The summed E-state index contributed by atoms with van der Waals surface area (Å²) in [6, 6.07) is 0. The molecule has 0 aliphatic carbocycles. The summed E-state index contributed by atoms with van der Waals surface area (Å²) in [6.45, 7) is 10.3. The molecule has 1 aliphatic heterocycles. The number of carbonyl (C=O) groups is 1. The molecular formula is C11H20N2O2. The van der Waals surface area contributed by atoms with Gasteiger partial charge >= 0.3 is 0 Å². The van der Waals surface area contributed by atoms with Crippen LogP contribution in [0.25, 0.3) is 0 Å². The quantitative estimate of drug-likeness (QED) is 0.765. The van der Waals surface area contributed by atoms with Crippen LogP contribution in [0.3, 0.4) is 0 Å². The minimum Gasteiger partial charge on any atom is -0.370 e. The van der Waals surface area contributed by atoms with Crippen LogP contribution in [0.15, 0.2) is 4.99 Å². The number of nitrogens with one attached hydrogen (secondary N) is 1. The fourth-order valence-electron chi connectivity index (χ4n) is 1.55. The summed E-state index contributed by atoms with van der Waals surface area (Å²) in [5.74, 6) is 0.919. The molecule has 1 amide bonds. The minimum atomic E-state index is -0.653. The van der Waals surface area contributed by atoms with E-state index >= 15 is 0 Å². The van der Waals surface area contributed by atoms with Crippen molar-refractivity contribution in [2.24, 2.45) is 10.9 Å². The van der Waals surface area contributed by atoms with Crippen molar-refractivity contribution in [2.45, 2.75) is 46.3 Å². The van der Waals surface area contributed by atoms with Crippen LogP contribution in [0.2, 0.25) is 0 Å². The zero-order chi connectivity index (χ0) is 11.6. The van der Waals surface area contributed by atoms with E-state index in [9.17, 15) is 4.79 Å². The number of rotatable bonds is 4. The first-order chi connectivity index (χ1) is 6.88. The first-order valence-corrected chi connectivity index (χ1v) is 5.41. The van der Waals surface area contributed by atoms with E-state index in [1.807, 2.05) is 6.92 Å². The molecule has 1 unspecified atom stereocenters. The number of carbonyl (C=O) groups excluding carboxylic acids is 1. The van der Waals surface area contributed by atoms with Crippen molar-refractivity contribution < 1.29 is 9.53 Å². The SMILES string of the molecule is CCOC(C1=NC(C)(C)C(=O)N1)C(C)C. The van der Waals surface area contributed by atoms with Gasteiger partial charge in [-0.15, -0.1) is 0 Å². The highest BCUT2D eigenvalue weighted by Crippen LogP contribution is 2.19. The second kappa shape index (κ2) is 4.31. The lowest BCUT2D eigenvalue weighted by molar-refractivity contribution is -0.122. The highest BCUT2D eigenvalue weighted by molar-refractivity contribution is 6.09. The molecule has 1 rings (SSSR count). The van der Waals surface area contributed by atoms with E-state index in [1.165, 1.54) is 0 Å². The van der Waals surface area contributed by atoms with Gasteiger partial charge in [0.1, 0.15) is 17.5 Å². The molecule has 0 aromatic rings. The first kappa shape index (κ1) is 12.2. The van der Waals surface area contributed by atoms with E-state index in [0.717, 1.165) is 0 Å². The maximum atomic E-state index is 11.6. The molecule has 0 bridgehead atoms. The predicted octanol–water partition coefficient (Wildman–Crippen LogP) is 1.35. The zero-order valence-corrected chi connectivity index (χ0v) is 10.1. The van der Waals surface area contributed by atoms with Crippen molar-refractivity contribution in [3.05, 3.63) is 0 Å². The third kappa shape index (κ3) is 2.56. The predicted molar refractivity (Wildman–Crippen MR) is 59.9 cm³/mol. The Morgan fingerprint density at radius 2 is 2.07 bits per heavy atom. The van der Waals surface area contributed by atoms with Crippen LogP contribution in [0.5, 0.6) is 0 Å². The number of aliphatic imine (C=N–C) groups is 1. The number of hydrogen-bond donors (Lipinski definition) is 1. The largest absolute Gasteiger partial charge is 0.370 e. The Hall–Kier alpha value is -0.900. The number of hydrogen-bond acceptors (Lipinski definition) is 3. The monoisotopic (exact) mass is 212 g/mol. The van der Waals surface area contributed by atoms with Crippen molar-refractivity contribution in [3.63, 3.8) is 0 Å². The third-order valence-corrected chi connectivity index (χ3v) is 2.42. The third-order valence-electron chi connectivity index (χ3n) is 2.42. The molecule has 0 saturated heterocycles. The molecule has 0 saturated carbocycles. The van der Waals surface area contributed by atoms with Crippen LogP contribution in [0.1, 0.15) is 34.6 Å². The van der Waals surface area contributed by atoms with E-state index in [1.54, 1.807) is 13.8 Å². The summed E-state index contributed by atoms with van der Waals surface area (Å²) in [4.78, 5) is 15.9. The molecule has 86 valence electrons. The Labute approximate surface area is 91.1 Å². The van der Waals surface area contributed by atoms with Crippen LogP contribution in [-0.2, 0) is 9.53 Å². The van der Waals surface area contributed by atoms with Gasteiger partial charge in [0.25, 0.3) is 5.91 Å². The molecular weight excluding hydrogens is 192 g/mol. The van der Waals surface area contributed by atoms with Gasteiger partial charge in [0, 0.05) is 6.61 Å². The molecule has 1 N–H and O–H groups in total. The Bertz CT molecular complexity index is 282. The van der Waals surface area contributed by atoms with Gasteiger partial charge in [0.2, 0.25) is 0 Å². The first-order valence-electron chi connectivity index (χ1n) is 5.41. The molecule has 1 aliphatic rings.